The molecule has 1 aliphatic heterocycles. The highest BCUT2D eigenvalue weighted by molar-refractivity contribution is 7.89. The molecule has 0 spiro atoms. The Morgan fingerprint density at radius 1 is 1.05 bits per heavy atom. The third-order valence-electron chi connectivity index (χ3n) is 3.45. The topological polar surface area (TPSA) is 37.1 Å². The molecular weight excluding hydrogens is 294 g/mol. The zero-order valence-electron chi connectivity index (χ0n) is 11.0. The minimum absolute atomic E-state index is 0.0708. The van der Waals surface area contributed by atoms with Gasteiger partial charge in [-0.15, -0.1) is 0 Å². The highest BCUT2D eigenvalue weighted by Gasteiger charge is 2.45. The van der Waals surface area contributed by atoms with Crippen LogP contribution in [0.4, 0.5) is 0 Å². The van der Waals surface area contributed by atoms with E-state index < -0.39 is 10.0 Å². The van der Waals surface area contributed by atoms with Crippen LogP contribution in [0.15, 0.2) is 53.4 Å². The van der Waals surface area contributed by atoms with Crippen molar-refractivity contribution in [1.82, 2.24) is 4.31 Å². The van der Waals surface area contributed by atoms with Crippen molar-refractivity contribution in [2.45, 2.75) is 17.9 Å². The second-order valence-corrected chi connectivity index (χ2v) is 7.28. The summed E-state index contributed by atoms with van der Waals surface area (Å²) in [5.74, 6) is 0. The first-order chi connectivity index (χ1) is 9.48. The fourth-order valence-corrected chi connectivity index (χ4v) is 3.86. The first kappa shape index (κ1) is 13.6. The molecule has 0 amide bonds. The minimum Gasteiger partial charge on any atom is -0.207 e. The van der Waals surface area contributed by atoms with Crippen molar-refractivity contribution in [3.05, 3.63) is 64.7 Å². The number of hydrogen-bond donors (Lipinski definition) is 0. The largest absolute Gasteiger partial charge is 0.243 e. The summed E-state index contributed by atoms with van der Waals surface area (Å²) in [4.78, 5) is 0.347. The van der Waals surface area contributed by atoms with E-state index in [9.17, 15) is 8.42 Å². The molecule has 1 unspecified atom stereocenters. The van der Waals surface area contributed by atoms with Gasteiger partial charge in [0.15, 0.2) is 0 Å². The third kappa shape index (κ3) is 2.46. The standard InChI is InChI=1S/C15H14ClNO2S/c1-11-2-8-14(9-3-11)20(18,19)17-10-15(17)12-4-6-13(16)7-5-12/h2-9,15H,10H2,1H3/t15-,17?/m0/s1. The molecule has 1 saturated heterocycles. The maximum atomic E-state index is 12.5. The van der Waals surface area contributed by atoms with Crippen molar-refractivity contribution in [2.24, 2.45) is 0 Å². The summed E-state index contributed by atoms with van der Waals surface area (Å²) in [5, 5.41) is 0.655. The summed E-state index contributed by atoms with van der Waals surface area (Å²) < 4.78 is 26.4. The van der Waals surface area contributed by atoms with Gasteiger partial charge in [0.1, 0.15) is 0 Å². The van der Waals surface area contributed by atoms with Crippen molar-refractivity contribution < 1.29 is 8.42 Å². The minimum atomic E-state index is -3.39. The van der Waals surface area contributed by atoms with Gasteiger partial charge in [0.05, 0.1) is 10.9 Å². The maximum Gasteiger partial charge on any atom is 0.243 e. The molecule has 0 saturated carbocycles. The highest BCUT2D eigenvalue weighted by atomic mass is 35.5. The van der Waals surface area contributed by atoms with E-state index in [2.05, 4.69) is 0 Å². The first-order valence-corrected chi connectivity index (χ1v) is 8.14. The lowest BCUT2D eigenvalue weighted by atomic mass is 10.2. The molecule has 2 atom stereocenters. The van der Waals surface area contributed by atoms with Crippen LogP contribution in [0.25, 0.3) is 0 Å². The molecule has 1 fully saturated rings. The third-order valence-corrected chi connectivity index (χ3v) is 5.59. The lowest BCUT2D eigenvalue weighted by molar-refractivity contribution is 0.554. The van der Waals surface area contributed by atoms with Gasteiger partial charge in [0.25, 0.3) is 0 Å². The van der Waals surface area contributed by atoms with Gasteiger partial charge in [-0.2, -0.15) is 4.31 Å². The molecule has 3 nitrogen and oxygen atoms in total. The summed E-state index contributed by atoms with van der Waals surface area (Å²) in [5.41, 5.74) is 2.02. The van der Waals surface area contributed by atoms with E-state index in [1.165, 1.54) is 4.31 Å². The van der Waals surface area contributed by atoms with Gasteiger partial charge in [0, 0.05) is 11.6 Å². The average molecular weight is 308 g/mol. The predicted molar refractivity (Wildman–Crippen MR) is 79.3 cm³/mol. The Balaban J connectivity index is 1.84. The fraction of sp³-hybridized carbons (Fsp3) is 0.200. The Hall–Kier alpha value is -1.36. The van der Waals surface area contributed by atoms with Gasteiger partial charge in [-0.25, -0.2) is 8.42 Å². The summed E-state index contributed by atoms with van der Waals surface area (Å²) in [7, 11) is -3.39. The molecule has 1 heterocycles. The number of benzene rings is 2. The number of aryl methyl sites for hydroxylation is 1. The van der Waals surface area contributed by atoms with Gasteiger partial charge in [-0.3, -0.25) is 0 Å². The Bertz CT molecular complexity index is 723. The Labute approximate surface area is 123 Å². The summed E-state index contributed by atoms with van der Waals surface area (Å²) in [6, 6.07) is 14.2. The monoisotopic (exact) mass is 307 g/mol. The second kappa shape index (κ2) is 4.88. The molecule has 0 aliphatic carbocycles. The van der Waals surface area contributed by atoms with Crippen LogP contribution < -0.4 is 0 Å². The average Bonchev–Trinajstić information content (AvgIpc) is 3.21. The van der Waals surface area contributed by atoms with Gasteiger partial charge < -0.3 is 0 Å². The van der Waals surface area contributed by atoms with E-state index >= 15 is 0 Å². The van der Waals surface area contributed by atoms with Crippen molar-refractivity contribution in [1.29, 1.82) is 0 Å². The van der Waals surface area contributed by atoms with Crippen LogP contribution >= 0.6 is 11.6 Å². The second-order valence-electron chi connectivity index (χ2n) is 4.96. The summed E-state index contributed by atoms with van der Waals surface area (Å²) in [6.07, 6.45) is 0. The molecule has 0 aromatic heterocycles. The lowest BCUT2D eigenvalue weighted by Gasteiger charge is -2.07. The molecule has 2 aromatic rings. The van der Waals surface area contributed by atoms with Crippen LogP contribution in [0.2, 0.25) is 5.02 Å². The Kier molecular flexibility index (Phi) is 3.32. The number of sulfonamides is 1. The number of halogens is 1. The van der Waals surface area contributed by atoms with E-state index in [1.807, 2.05) is 31.2 Å². The van der Waals surface area contributed by atoms with Crippen molar-refractivity contribution in [3.8, 4) is 0 Å². The summed E-state index contributed by atoms with van der Waals surface area (Å²) in [6.45, 7) is 2.46. The molecule has 2 aromatic carbocycles. The van der Waals surface area contributed by atoms with Gasteiger partial charge in [-0.1, -0.05) is 41.4 Å². The zero-order valence-corrected chi connectivity index (χ0v) is 12.5. The van der Waals surface area contributed by atoms with Crippen molar-refractivity contribution >= 4 is 21.6 Å². The van der Waals surface area contributed by atoms with E-state index in [1.54, 1.807) is 24.3 Å². The molecule has 104 valence electrons. The molecule has 0 bridgehead atoms. The summed E-state index contributed by atoms with van der Waals surface area (Å²) >= 11 is 5.84. The highest BCUT2D eigenvalue weighted by Crippen LogP contribution is 2.40. The SMILES string of the molecule is Cc1ccc(S(=O)(=O)N2C[C@H]2c2ccc(Cl)cc2)cc1. The van der Waals surface area contributed by atoms with Crippen LogP contribution in [0.3, 0.4) is 0 Å². The first-order valence-electron chi connectivity index (χ1n) is 6.32. The van der Waals surface area contributed by atoms with Gasteiger partial charge in [0.2, 0.25) is 10.0 Å². The number of hydrogen-bond acceptors (Lipinski definition) is 2. The smallest absolute Gasteiger partial charge is 0.207 e. The van der Waals surface area contributed by atoms with E-state index in [-0.39, 0.29) is 6.04 Å². The molecule has 20 heavy (non-hydrogen) atoms. The fourth-order valence-electron chi connectivity index (χ4n) is 2.19. The van der Waals surface area contributed by atoms with Crippen LogP contribution in [-0.4, -0.2) is 19.3 Å². The van der Waals surface area contributed by atoms with Crippen LogP contribution in [0.5, 0.6) is 0 Å². The van der Waals surface area contributed by atoms with Gasteiger partial charge in [-0.05, 0) is 36.8 Å². The molecule has 1 aliphatic rings. The van der Waals surface area contributed by atoms with Crippen LogP contribution in [0, 0.1) is 6.92 Å². The molecule has 0 N–H and O–H groups in total. The van der Waals surface area contributed by atoms with Crippen molar-refractivity contribution in [2.75, 3.05) is 6.54 Å². The van der Waals surface area contributed by atoms with Gasteiger partial charge >= 0.3 is 0 Å². The molecule has 0 radical (unpaired) electrons. The predicted octanol–water partition coefficient (Wildman–Crippen LogP) is 3.39. The number of nitrogens with zero attached hydrogens (tertiary/aromatic N) is 1. The maximum absolute atomic E-state index is 12.5. The molecule has 3 rings (SSSR count). The van der Waals surface area contributed by atoms with E-state index in [0.29, 0.717) is 16.5 Å². The normalized spacial score (nSPS) is 21.7. The molecule has 5 heteroatoms. The van der Waals surface area contributed by atoms with E-state index in [4.69, 9.17) is 11.6 Å². The lowest BCUT2D eigenvalue weighted by Crippen LogP contribution is -2.12. The quantitative estimate of drug-likeness (QED) is 0.815. The number of rotatable bonds is 3. The Morgan fingerprint density at radius 3 is 2.25 bits per heavy atom. The van der Waals surface area contributed by atoms with Crippen LogP contribution in [0.1, 0.15) is 17.2 Å². The zero-order chi connectivity index (χ0) is 14.3. The van der Waals surface area contributed by atoms with Crippen LogP contribution in [-0.2, 0) is 10.0 Å². The van der Waals surface area contributed by atoms with Crippen molar-refractivity contribution in [3.63, 3.8) is 0 Å². The van der Waals surface area contributed by atoms with E-state index in [0.717, 1.165) is 11.1 Å². The Morgan fingerprint density at radius 2 is 1.65 bits per heavy atom. The molecular formula is C15H14ClNO2S.